The molecule has 15 heavy (non-hydrogen) atoms. The highest BCUT2D eigenvalue weighted by Crippen LogP contribution is 2.26. The zero-order valence-electron chi connectivity index (χ0n) is 9.33. The van der Waals surface area contributed by atoms with Crippen molar-refractivity contribution in [2.45, 2.75) is 32.7 Å². The minimum atomic E-state index is 0.0752. The molecule has 78 valence electrons. The predicted octanol–water partition coefficient (Wildman–Crippen LogP) is 2.80. The van der Waals surface area contributed by atoms with Gasteiger partial charge in [0, 0.05) is 12.2 Å². The molecule has 1 aliphatic heterocycles. The Morgan fingerprint density at radius 2 is 1.93 bits per heavy atom. The van der Waals surface area contributed by atoms with Crippen molar-refractivity contribution in [3.05, 3.63) is 29.3 Å². The molecule has 0 radical (unpaired) electrons. The summed E-state index contributed by atoms with van der Waals surface area (Å²) >= 11 is 0. The lowest BCUT2D eigenvalue weighted by molar-refractivity contribution is 0.817. The second kappa shape index (κ2) is 3.94. The number of rotatable bonds is 1. The van der Waals surface area contributed by atoms with E-state index in [0.29, 0.717) is 0 Å². The fourth-order valence-corrected chi connectivity index (χ4v) is 2.33. The molecule has 0 aromatic heterocycles. The molecule has 0 N–H and O–H groups in total. The molecule has 1 heterocycles. The van der Waals surface area contributed by atoms with E-state index in [0.717, 1.165) is 19.4 Å². The van der Waals surface area contributed by atoms with Gasteiger partial charge in [0.05, 0.1) is 6.07 Å². The third-order valence-corrected chi connectivity index (χ3v) is 2.94. The minimum Gasteiger partial charge on any atom is -0.356 e. The number of hydrogen-bond donors (Lipinski definition) is 0. The zero-order valence-corrected chi connectivity index (χ0v) is 9.33. The van der Waals surface area contributed by atoms with E-state index in [2.05, 4.69) is 43.0 Å². The van der Waals surface area contributed by atoms with Crippen molar-refractivity contribution in [2.75, 3.05) is 11.4 Å². The molecule has 2 rings (SSSR count). The van der Waals surface area contributed by atoms with Crippen LogP contribution in [0.25, 0.3) is 0 Å². The third-order valence-electron chi connectivity index (χ3n) is 2.94. The molecule has 1 fully saturated rings. The van der Waals surface area contributed by atoms with Crippen LogP contribution in [0.3, 0.4) is 0 Å². The van der Waals surface area contributed by atoms with E-state index in [4.69, 9.17) is 5.26 Å². The second-order valence-electron chi connectivity index (χ2n) is 4.33. The Kier molecular flexibility index (Phi) is 2.64. The van der Waals surface area contributed by atoms with Crippen molar-refractivity contribution >= 4 is 5.69 Å². The SMILES string of the molecule is Cc1cc(C)cc(N2CCCC2C#N)c1. The van der Waals surface area contributed by atoms with Crippen molar-refractivity contribution < 1.29 is 0 Å². The van der Waals surface area contributed by atoms with Crippen LogP contribution in [-0.4, -0.2) is 12.6 Å². The Morgan fingerprint density at radius 1 is 1.27 bits per heavy atom. The summed E-state index contributed by atoms with van der Waals surface area (Å²) in [6.45, 7) is 5.23. The number of benzene rings is 1. The highest BCUT2D eigenvalue weighted by atomic mass is 15.2. The molecule has 0 aliphatic carbocycles. The molecular weight excluding hydrogens is 184 g/mol. The maximum atomic E-state index is 9.04. The zero-order chi connectivity index (χ0) is 10.8. The van der Waals surface area contributed by atoms with Crippen molar-refractivity contribution in [2.24, 2.45) is 0 Å². The maximum absolute atomic E-state index is 9.04. The van der Waals surface area contributed by atoms with Crippen molar-refractivity contribution in [3.8, 4) is 6.07 Å². The normalized spacial score (nSPS) is 20.3. The molecule has 1 aromatic carbocycles. The summed E-state index contributed by atoms with van der Waals surface area (Å²) < 4.78 is 0. The van der Waals surface area contributed by atoms with Crippen LogP contribution in [0.4, 0.5) is 5.69 Å². The first-order valence-corrected chi connectivity index (χ1v) is 5.45. The lowest BCUT2D eigenvalue weighted by Crippen LogP contribution is -2.27. The largest absolute Gasteiger partial charge is 0.356 e. The summed E-state index contributed by atoms with van der Waals surface area (Å²) in [7, 11) is 0. The smallest absolute Gasteiger partial charge is 0.116 e. The Labute approximate surface area is 91.1 Å². The number of nitrogens with zero attached hydrogens (tertiary/aromatic N) is 2. The topological polar surface area (TPSA) is 27.0 Å². The average Bonchev–Trinajstić information content (AvgIpc) is 2.63. The molecule has 2 nitrogen and oxygen atoms in total. The molecule has 2 heteroatoms. The van der Waals surface area contributed by atoms with Gasteiger partial charge in [-0.05, 0) is 49.9 Å². The molecule has 1 aliphatic rings. The second-order valence-corrected chi connectivity index (χ2v) is 4.33. The first-order chi connectivity index (χ1) is 7.20. The van der Waals surface area contributed by atoms with E-state index in [-0.39, 0.29) is 6.04 Å². The number of nitriles is 1. The van der Waals surface area contributed by atoms with E-state index in [9.17, 15) is 0 Å². The van der Waals surface area contributed by atoms with Gasteiger partial charge in [-0.15, -0.1) is 0 Å². The van der Waals surface area contributed by atoms with E-state index < -0.39 is 0 Å². The van der Waals surface area contributed by atoms with Crippen LogP contribution in [0.15, 0.2) is 18.2 Å². The van der Waals surface area contributed by atoms with Gasteiger partial charge in [-0.3, -0.25) is 0 Å². The summed E-state index contributed by atoms with van der Waals surface area (Å²) in [5.41, 5.74) is 3.75. The van der Waals surface area contributed by atoms with Crippen molar-refractivity contribution in [1.82, 2.24) is 0 Å². The molecule has 1 aromatic rings. The van der Waals surface area contributed by atoms with Gasteiger partial charge in [-0.25, -0.2) is 0 Å². The fraction of sp³-hybridized carbons (Fsp3) is 0.462. The van der Waals surface area contributed by atoms with E-state index >= 15 is 0 Å². The van der Waals surface area contributed by atoms with Gasteiger partial charge in [0.1, 0.15) is 6.04 Å². The Hall–Kier alpha value is -1.49. The number of aryl methyl sites for hydroxylation is 2. The van der Waals surface area contributed by atoms with Gasteiger partial charge in [-0.1, -0.05) is 6.07 Å². The van der Waals surface area contributed by atoms with Crippen LogP contribution in [0.5, 0.6) is 0 Å². The van der Waals surface area contributed by atoms with Gasteiger partial charge < -0.3 is 4.90 Å². The molecule has 0 amide bonds. The van der Waals surface area contributed by atoms with Gasteiger partial charge in [-0.2, -0.15) is 5.26 Å². The number of anilines is 1. The molecule has 1 saturated heterocycles. The predicted molar refractivity (Wildman–Crippen MR) is 61.9 cm³/mol. The van der Waals surface area contributed by atoms with Crippen LogP contribution >= 0.6 is 0 Å². The minimum absolute atomic E-state index is 0.0752. The van der Waals surface area contributed by atoms with Crippen LogP contribution < -0.4 is 4.90 Å². The summed E-state index contributed by atoms with van der Waals surface area (Å²) in [5, 5.41) is 9.04. The maximum Gasteiger partial charge on any atom is 0.116 e. The van der Waals surface area contributed by atoms with Crippen LogP contribution in [0, 0.1) is 25.2 Å². The van der Waals surface area contributed by atoms with Crippen LogP contribution in [0.1, 0.15) is 24.0 Å². The Morgan fingerprint density at radius 3 is 2.53 bits per heavy atom. The van der Waals surface area contributed by atoms with Gasteiger partial charge in [0.15, 0.2) is 0 Å². The van der Waals surface area contributed by atoms with Gasteiger partial charge in [0.25, 0.3) is 0 Å². The summed E-state index contributed by atoms with van der Waals surface area (Å²) in [6.07, 6.45) is 2.13. The molecule has 0 bridgehead atoms. The molecule has 1 unspecified atom stereocenters. The highest BCUT2D eigenvalue weighted by Gasteiger charge is 2.24. The van der Waals surface area contributed by atoms with E-state index in [1.807, 2.05) is 0 Å². The molecule has 1 atom stereocenters. The summed E-state index contributed by atoms with van der Waals surface area (Å²) in [5.74, 6) is 0. The van der Waals surface area contributed by atoms with Gasteiger partial charge in [0.2, 0.25) is 0 Å². The first-order valence-electron chi connectivity index (χ1n) is 5.45. The van der Waals surface area contributed by atoms with Crippen molar-refractivity contribution in [3.63, 3.8) is 0 Å². The standard InChI is InChI=1S/C13H16N2/c1-10-6-11(2)8-13(7-10)15-5-3-4-12(15)9-14/h6-8,12H,3-5H2,1-2H3. The lowest BCUT2D eigenvalue weighted by Gasteiger charge is -2.22. The first kappa shape index (κ1) is 10.0. The van der Waals surface area contributed by atoms with Gasteiger partial charge >= 0.3 is 0 Å². The highest BCUT2D eigenvalue weighted by molar-refractivity contribution is 5.53. The van der Waals surface area contributed by atoms with Crippen LogP contribution in [-0.2, 0) is 0 Å². The van der Waals surface area contributed by atoms with Crippen molar-refractivity contribution in [1.29, 1.82) is 5.26 Å². The molecule has 0 saturated carbocycles. The lowest BCUT2D eigenvalue weighted by atomic mass is 10.1. The third kappa shape index (κ3) is 1.97. The monoisotopic (exact) mass is 200 g/mol. The summed E-state index contributed by atoms with van der Waals surface area (Å²) in [4.78, 5) is 2.22. The fourth-order valence-electron chi connectivity index (χ4n) is 2.33. The quantitative estimate of drug-likeness (QED) is 0.697. The van der Waals surface area contributed by atoms with E-state index in [1.54, 1.807) is 0 Å². The van der Waals surface area contributed by atoms with Crippen LogP contribution in [0.2, 0.25) is 0 Å². The van der Waals surface area contributed by atoms with E-state index in [1.165, 1.54) is 16.8 Å². The molecule has 0 spiro atoms. The number of hydrogen-bond acceptors (Lipinski definition) is 2. The Bertz CT molecular complexity index is 383. The molecular formula is C13H16N2. The average molecular weight is 200 g/mol. The Balaban J connectivity index is 2.33. The summed E-state index contributed by atoms with van der Waals surface area (Å²) in [6, 6.07) is 8.96.